The van der Waals surface area contributed by atoms with Gasteiger partial charge in [-0.05, 0) is 12.8 Å². The zero-order valence-electron chi connectivity index (χ0n) is 9.13. The monoisotopic (exact) mass is 237 g/mol. The lowest BCUT2D eigenvalue weighted by atomic mass is 10.4. The predicted molar refractivity (Wildman–Crippen MR) is 53.8 cm³/mol. The maximum atomic E-state index is 12.1. The van der Waals surface area contributed by atoms with Crippen molar-refractivity contribution in [1.29, 1.82) is 0 Å². The maximum absolute atomic E-state index is 12.1. The molecule has 0 bridgehead atoms. The van der Waals surface area contributed by atoms with E-state index in [2.05, 4.69) is 4.74 Å². The minimum Gasteiger partial charge on any atom is -0.453 e. The van der Waals surface area contributed by atoms with Gasteiger partial charge in [-0.15, -0.1) is 0 Å². The highest BCUT2D eigenvalue weighted by atomic mass is 31.2. The SMILES string of the molecule is COC(=O)N1CCCC1P(=O)(OC)OC. The molecule has 0 saturated carbocycles. The summed E-state index contributed by atoms with van der Waals surface area (Å²) in [4.78, 5) is 12.8. The van der Waals surface area contributed by atoms with Crippen LogP contribution in [0, 0.1) is 0 Å². The van der Waals surface area contributed by atoms with E-state index < -0.39 is 19.5 Å². The number of carbonyl (C=O) groups excluding carboxylic acids is 1. The molecule has 1 rings (SSSR count). The van der Waals surface area contributed by atoms with Crippen LogP contribution in [0.3, 0.4) is 0 Å². The Kier molecular flexibility index (Phi) is 4.13. The number of methoxy groups -OCH3 is 1. The lowest BCUT2D eigenvalue weighted by Gasteiger charge is -2.27. The van der Waals surface area contributed by atoms with Crippen molar-refractivity contribution in [2.24, 2.45) is 0 Å². The van der Waals surface area contributed by atoms with Crippen molar-refractivity contribution in [3.05, 3.63) is 0 Å². The minimum absolute atomic E-state index is 0.494. The first-order valence-corrected chi connectivity index (χ1v) is 6.26. The number of amides is 1. The molecule has 1 aliphatic heterocycles. The smallest absolute Gasteiger partial charge is 0.410 e. The summed E-state index contributed by atoms with van der Waals surface area (Å²) in [6, 6.07) is 0. The van der Waals surface area contributed by atoms with Gasteiger partial charge in [0.05, 0.1) is 7.11 Å². The van der Waals surface area contributed by atoms with Gasteiger partial charge in [0.15, 0.2) is 0 Å². The molecule has 1 saturated heterocycles. The number of hydrogen-bond donors (Lipinski definition) is 0. The zero-order chi connectivity index (χ0) is 11.5. The molecule has 6 nitrogen and oxygen atoms in total. The highest BCUT2D eigenvalue weighted by Crippen LogP contribution is 2.56. The van der Waals surface area contributed by atoms with E-state index >= 15 is 0 Å². The topological polar surface area (TPSA) is 65.1 Å². The molecule has 1 unspecified atom stereocenters. The zero-order valence-corrected chi connectivity index (χ0v) is 10.0. The van der Waals surface area contributed by atoms with Crippen LogP contribution in [0.4, 0.5) is 4.79 Å². The third-order valence-electron chi connectivity index (χ3n) is 2.50. The van der Waals surface area contributed by atoms with Crippen molar-refractivity contribution >= 4 is 13.7 Å². The van der Waals surface area contributed by atoms with Gasteiger partial charge in [-0.3, -0.25) is 9.46 Å². The number of likely N-dealkylation sites (tertiary alicyclic amines) is 1. The van der Waals surface area contributed by atoms with Crippen LogP contribution in [0.1, 0.15) is 12.8 Å². The lowest BCUT2D eigenvalue weighted by Crippen LogP contribution is -2.35. The van der Waals surface area contributed by atoms with Crippen molar-refractivity contribution < 1.29 is 23.1 Å². The molecule has 0 spiro atoms. The Morgan fingerprint density at radius 2 is 1.93 bits per heavy atom. The number of nitrogens with zero attached hydrogens (tertiary/aromatic N) is 1. The molecular weight excluding hydrogens is 221 g/mol. The number of ether oxygens (including phenoxy) is 1. The van der Waals surface area contributed by atoms with Crippen molar-refractivity contribution in [2.45, 2.75) is 18.6 Å². The van der Waals surface area contributed by atoms with E-state index in [1.165, 1.54) is 26.2 Å². The van der Waals surface area contributed by atoms with Gasteiger partial charge in [0.1, 0.15) is 5.78 Å². The van der Waals surface area contributed by atoms with E-state index in [-0.39, 0.29) is 0 Å². The molecule has 0 aromatic rings. The first-order valence-electron chi connectivity index (χ1n) is 4.65. The van der Waals surface area contributed by atoms with Crippen LogP contribution in [-0.2, 0) is 18.3 Å². The molecule has 1 atom stereocenters. The van der Waals surface area contributed by atoms with Crippen molar-refractivity contribution in [3.8, 4) is 0 Å². The standard InChI is InChI=1S/C8H16NO5P/c1-12-8(10)9-6-4-5-7(9)15(11,13-2)14-3/h7H,4-6H2,1-3H3. The number of carbonyl (C=O) groups is 1. The summed E-state index contributed by atoms with van der Waals surface area (Å²) in [6.07, 6.45) is 0.886. The predicted octanol–water partition coefficient (Wildman–Crippen LogP) is 1.66. The molecule has 15 heavy (non-hydrogen) atoms. The molecule has 7 heteroatoms. The first-order chi connectivity index (χ1) is 7.09. The van der Waals surface area contributed by atoms with Gasteiger partial charge < -0.3 is 13.8 Å². The Balaban J connectivity index is 2.84. The van der Waals surface area contributed by atoms with Crippen LogP contribution in [0.2, 0.25) is 0 Å². The summed E-state index contributed by atoms with van der Waals surface area (Å²) in [5.41, 5.74) is 0. The van der Waals surface area contributed by atoms with Gasteiger partial charge in [0.2, 0.25) is 0 Å². The number of hydrogen-bond acceptors (Lipinski definition) is 5. The summed E-state index contributed by atoms with van der Waals surface area (Å²) in [5.74, 6) is -0.528. The second kappa shape index (κ2) is 4.96. The van der Waals surface area contributed by atoms with Crippen LogP contribution in [0.25, 0.3) is 0 Å². The van der Waals surface area contributed by atoms with Gasteiger partial charge in [-0.1, -0.05) is 0 Å². The van der Waals surface area contributed by atoms with Crippen molar-refractivity contribution in [3.63, 3.8) is 0 Å². The van der Waals surface area contributed by atoms with Crippen LogP contribution < -0.4 is 0 Å². The molecule has 0 aromatic carbocycles. The molecule has 1 heterocycles. The highest BCUT2D eigenvalue weighted by molar-refractivity contribution is 7.54. The summed E-state index contributed by atoms with van der Waals surface area (Å²) < 4.78 is 26.5. The Morgan fingerprint density at radius 3 is 2.40 bits per heavy atom. The fourth-order valence-electron chi connectivity index (χ4n) is 1.73. The molecule has 1 fully saturated rings. The van der Waals surface area contributed by atoms with Gasteiger partial charge in [0, 0.05) is 20.8 Å². The van der Waals surface area contributed by atoms with Gasteiger partial charge in [-0.25, -0.2) is 4.79 Å². The third kappa shape index (κ3) is 2.33. The van der Waals surface area contributed by atoms with Gasteiger partial charge in [0.25, 0.3) is 0 Å². The molecule has 0 N–H and O–H groups in total. The molecule has 0 aromatic heterocycles. The van der Waals surface area contributed by atoms with Crippen LogP contribution in [-0.4, -0.2) is 44.7 Å². The molecular formula is C8H16NO5P. The fourth-order valence-corrected chi connectivity index (χ4v) is 3.41. The molecule has 88 valence electrons. The third-order valence-corrected chi connectivity index (χ3v) is 4.79. The fraction of sp³-hybridized carbons (Fsp3) is 0.875. The van der Waals surface area contributed by atoms with Crippen LogP contribution >= 0.6 is 7.60 Å². The normalized spacial score (nSPS) is 21.8. The largest absolute Gasteiger partial charge is 0.453 e. The van der Waals surface area contributed by atoms with E-state index in [0.717, 1.165) is 6.42 Å². The summed E-state index contributed by atoms with van der Waals surface area (Å²) >= 11 is 0. The average molecular weight is 237 g/mol. The second-order valence-corrected chi connectivity index (χ2v) is 5.60. The number of rotatable bonds is 3. The van der Waals surface area contributed by atoms with E-state index in [9.17, 15) is 9.36 Å². The van der Waals surface area contributed by atoms with E-state index in [1.807, 2.05) is 0 Å². The molecule has 0 radical (unpaired) electrons. The Labute approximate surface area is 89.0 Å². The molecule has 1 aliphatic rings. The van der Waals surface area contributed by atoms with E-state index in [1.54, 1.807) is 0 Å². The second-order valence-electron chi connectivity index (χ2n) is 3.19. The maximum Gasteiger partial charge on any atom is 0.410 e. The molecule has 1 amide bonds. The Hall–Kier alpha value is -0.580. The van der Waals surface area contributed by atoms with Crippen molar-refractivity contribution in [1.82, 2.24) is 4.90 Å². The van der Waals surface area contributed by atoms with Gasteiger partial charge >= 0.3 is 13.7 Å². The Bertz CT molecular complexity index is 274. The molecule has 0 aliphatic carbocycles. The summed E-state index contributed by atoms with van der Waals surface area (Å²) in [5, 5.41) is 0. The summed E-state index contributed by atoms with van der Waals surface area (Å²) in [6.45, 7) is 0.522. The highest BCUT2D eigenvalue weighted by Gasteiger charge is 2.44. The van der Waals surface area contributed by atoms with E-state index in [0.29, 0.717) is 13.0 Å². The lowest BCUT2D eigenvalue weighted by molar-refractivity contribution is 0.122. The first kappa shape index (κ1) is 12.5. The van der Waals surface area contributed by atoms with Crippen LogP contribution in [0.15, 0.2) is 0 Å². The van der Waals surface area contributed by atoms with Gasteiger partial charge in [-0.2, -0.15) is 0 Å². The van der Waals surface area contributed by atoms with E-state index in [4.69, 9.17) is 9.05 Å². The van der Waals surface area contributed by atoms with Crippen molar-refractivity contribution in [2.75, 3.05) is 27.9 Å². The average Bonchev–Trinajstić information content (AvgIpc) is 2.76. The summed E-state index contributed by atoms with van der Waals surface area (Å²) in [7, 11) is 0.702. The Morgan fingerprint density at radius 1 is 1.33 bits per heavy atom. The minimum atomic E-state index is -3.23. The van der Waals surface area contributed by atoms with Crippen LogP contribution in [0.5, 0.6) is 0 Å². The quantitative estimate of drug-likeness (QED) is 0.698.